The van der Waals surface area contributed by atoms with Crippen molar-refractivity contribution >= 4 is 33.0 Å². The molecule has 28 heavy (non-hydrogen) atoms. The smallest absolute Gasteiger partial charge is 0.285 e. The Labute approximate surface area is 167 Å². The summed E-state index contributed by atoms with van der Waals surface area (Å²) in [4.78, 5) is 12.6. The molecular weight excluding hydrogens is 396 g/mol. The van der Waals surface area contributed by atoms with E-state index in [4.69, 9.17) is 0 Å². The Morgan fingerprint density at radius 2 is 1.61 bits per heavy atom. The number of aromatic nitrogens is 2. The Balaban J connectivity index is 1.86. The zero-order valence-corrected chi connectivity index (χ0v) is 17.3. The molecule has 146 valence electrons. The van der Waals surface area contributed by atoms with E-state index in [-0.39, 0.29) is 22.1 Å². The van der Waals surface area contributed by atoms with Crippen molar-refractivity contribution in [2.45, 2.75) is 32.2 Å². The third-order valence-corrected chi connectivity index (χ3v) is 6.13. The summed E-state index contributed by atoms with van der Waals surface area (Å²) in [6.07, 6.45) is 0. The summed E-state index contributed by atoms with van der Waals surface area (Å²) < 4.78 is 30.4. The molecule has 0 fully saturated rings. The molecular formula is C19H20N4O3S2. The van der Waals surface area contributed by atoms with Gasteiger partial charge in [-0.05, 0) is 45.0 Å². The first-order valence-corrected chi connectivity index (χ1v) is 10.8. The van der Waals surface area contributed by atoms with E-state index >= 15 is 0 Å². The zero-order valence-electron chi connectivity index (χ0n) is 15.7. The number of hydrogen-bond acceptors (Lipinski definition) is 5. The highest BCUT2D eigenvalue weighted by molar-refractivity contribution is 7.90. The van der Waals surface area contributed by atoms with Crippen LogP contribution in [0.2, 0.25) is 0 Å². The Bertz CT molecular complexity index is 1160. The van der Waals surface area contributed by atoms with Crippen LogP contribution in [-0.4, -0.2) is 24.1 Å². The van der Waals surface area contributed by atoms with Crippen molar-refractivity contribution < 1.29 is 13.2 Å². The van der Waals surface area contributed by atoms with Crippen LogP contribution in [0.3, 0.4) is 0 Å². The molecule has 0 aliphatic heterocycles. The molecule has 0 unspecified atom stereocenters. The van der Waals surface area contributed by atoms with E-state index in [9.17, 15) is 13.2 Å². The maximum Gasteiger partial charge on any atom is 0.285 e. The van der Waals surface area contributed by atoms with Crippen LogP contribution >= 0.6 is 11.3 Å². The second kappa shape index (κ2) is 8.07. The van der Waals surface area contributed by atoms with E-state index in [1.54, 1.807) is 31.2 Å². The maximum atomic E-state index is 12.6. The highest BCUT2D eigenvalue weighted by Gasteiger charge is 2.15. The molecule has 1 aromatic heterocycles. The molecule has 1 N–H and O–H groups in total. The van der Waals surface area contributed by atoms with Gasteiger partial charge in [-0.15, -0.1) is 4.40 Å². The number of nitrogens with one attached hydrogen (secondary N) is 1. The van der Waals surface area contributed by atoms with Crippen molar-refractivity contribution in [1.82, 2.24) is 9.78 Å². The molecule has 0 atom stereocenters. The topological polar surface area (TPSA) is 93.4 Å². The average molecular weight is 417 g/mol. The minimum atomic E-state index is -3.90. The molecule has 3 rings (SSSR count). The van der Waals surface area contributed by atoms with Crippen LogP contribution in [0, 0.1) is 20.8 Å². The van der Waals surface area contributed by atoms with Gasteiger partial charge in [0.2, 0.25) is 10.7 Å². The molecule has 7 nitrogen and oxygen atoms in total. The van der Waals surface area contributed by atoms with Gasteiger partial charge in [0, 0.05) is 5.69 Å². The molecule has 0 aliphatic carbocycles. The molecule has 0 saturated carbocycles. The summed E-state index contributed by atoms with van der Waals surface area (Å²) in [5.74, 6) is -0.316. The number of carbonyl (C=O) groups excluding carboxylic acids is 1. The van der Waals surface area contributed by atoms with E-state index in [2.05, 4.69) is 14.8 Å². The Hall–Kier alpha value is -2.78. The third-order valence-electron chi connectivity index (χ3n) is 3.87. The molecule has 0 aliphatic rings. The van der Waals surface area contributed by atoms with Crippen LogP contribution in [-0.2, 0) is 21.4 Å². The first-order valence-electron chi connectivity index (χ1n) is 8.52. The fraction of sp³-hybridized carbons (Fsp3) is 0.211. The summed E-state index contributed by atoms with van der Waals surface area (Å²) in [7, 11) is -3.90. The van der Waals surface area contributed by atoms with Crippen molar-refractivity contribution in [1.29, 1.82) is 0 Å². The van der Waals surface area contributed by atoms with Crippen molar-refractivity contribution in [2.75, 3.05) is 5.32 Å². The van der Waals surface area contributed by atoms with Gasteiger partial charge in [0.1, 0.15) is 11.6 Å². The molecule has 0 bridgehead atoms. The van der Waals surface area contributed by atoms with Crippen LogP contribution in [0.5, 0.6) is 0 Å². The lowest BCUT2D eigenvalue weighted by Gasteiger charge is -2.06. The predicted molar refractivity (Wildman–Crippen MR) is 109 cm³/mol. The Morgan fingerprint density at radius 1 is 1.04 bits per heavy atom. The largest absolute Gasteiger partial charge is 0.324 e. The van der Waals surface area contributed by atoms with E-state index in [1.165, 1.54) is 16.8 Å². The second-order valence-corrected chi connectivity index (χ2v) is 9.12. The van der Waals surface area contributed by atoms with Crippen LogP contribution in [0.15, 0.2) is 57.8 Å². The summed E-state index contributed by atoms with van der Waals surface area (Å²) in [5.41, 5.74) is 2.70. The Kier molecular flexibility index (Phi) is 5.76. The summed E-state index contributed by atoms with van der Waals surface area (Å²) in [6.45, 7) is 5.43. The van der Waals surface area contributed by atoms with E-state index < -0.39 is 10.0 Å². The average Bonchev–Trinajstić information content (AvgIpc) is 2.95. The van der Waals surface area contributed by atoms with Crippen LogP contribution in [0.25, 0.3) is 0 Å². The van der Waals surface area contributed by atoms with Gasteiger partial charge in [0.25, 0.3) is 10.0 Å². The highest BCUT2D eigenvalue weighted by Crippen LogP contribution is 2.13. The molecule has 1 amide bonds. The highest BCUT2D eigenvalue weighted by atomic mass is 32.2. The number of sulfonamides is 1. The van der Waals surface area contributed by atoms with Gasteiger partial charge >= 0.3 is 0 Å². The standard InChI is InChI=1S/C19H20N4O3S2/c1-13-4-8-16(9-5-13)20-18(24)12-23-19(27-15(3)21-23)22-28(25,26)17-10-6-14(2)7-11-17/h4-11H,12H2,1-3H3,(H,20,24). The van der Waals surface area contributed by atoms with Gasteiger partial charge in [0.05, 0.1) is 4.90 Å². The van der Waals surface area contributed by atoms with Crippen molar-refractivity contribution in [2.24, 2.45) is 4.40 Å². The van der Waals surface area contributed by atoms with Gasteiger partial charge in [-0.2, -0.15) is 13.5 Å². The minimum absolute atomic E-state index is 0.0970. The zero-order chi connectivity index (χ0) is 20.3. The molecule has 2 aromatic carbocycles. The van der Waals surface area contributed by atoms with E-state index in [1.807, 2.05) is 26.0 Å². The van der Waals surface area contributed by atoms with Crippen LogP contribution < -0.4 is 10.1 Å². The number of anilines is 1. The van der Waals surface area contributed by atoms with E-state index in [0.29, 0.717) is 10.7 Å². The predicted octanol–water partition coefficient (Wildman–Crippen LogP) is 2.80. The fourth-order valence-corrected chi connectivity index (χ4v) is 4.37. The van der Waals surface area contributed by atoms with Gasteiger partial charge in [0.15, 0.2) is 0 Å². The van der Waals surface area contributed by atoms with Gasteiger partial charge in [-0.1, -0.05) is 46.7 Å². The van der Waals surface area contributed by atoms with Gasteiger partial charge in [-0.3, -0.25) is 4.79 Å². The lowest BCUT2D eigenvalue weighted by Crippen LogP contribution is -2.27. The second-order valence-electron chi connectivity index (χ2n) is 6.35. The lowest BCUT2D eigenvalue weighted by atomic mass is 10.2. The molecule has 3 aromatic rings. The SMILES string of the molecule is Cc1ccc(NC(=O)Cn2nc(C)sc2=NS(=O)(=O)c2ccc(C)cc2)cc1. The molecule has 0 spiro atoms. The first kappa shape index (κ1) is 20.0. The van der Waals surface area contributed by atoms with Gasteiger partial charge < -0.3 is 5.32 Å². The summed E-state index contributed by atoms with van der Waals surface area (Å²) >= 11 is 1.12. The first-order chi connectivity index (χ1) is 13.2. The fourth-order valence-electron chi connectivity index (χ4n) is 2.43. The number of aryl methyl sites for hydroxylation is 3. The maximum absolute atomic E-state index is 12.6. The number of amides is 1. The number of nitrogens with zero attached hydrogens (tertiary/aromatic N) is 3. The molecule has 0 saturated heterocycles. The third kappa shape index (κ3) is 4.93. The lowest BCUT2D eigenvalue weighted by molar-refractivity contribution is -0.117. The summed E-state index contributed by atoms with van der Waals surface area (Å²) in [6, 6.07) is 13.8. The normalized spacial score (nSPS) is 12.2. The van der Waals surface area contributed by atoms with Gasteiger partial charge in [-0.25, -0.2) is 4.68 Å². The molecule has 0 radical (unpaired) electrons. The van der Waals surface area contributed by atoms with Crippen molar-refractivity contribution in [3.63, 3.8) is 0 Å². The summed E-state index contributed by atoms with van der Waals surface area (Å²) in [5, 5.41) is 7.60. The van der Waals surface area contributed by atoms with Crippen LogP contribution in [0.4, 0.5) is 5.69 Å². The number of carbonyl (C=O) groups is 1. The number of hydrogen-bond donors (Lipinski definition) is 1. The number of rotatable bonds is 5. The van der Waals surface area contributed by atoms with Crippen molar-refractivity contribution in [3.05, 3.63) is 69.5 Å². The molecule has 9 heteroatoms. The number of benzene rings is 2. The molecule has 1 heterocycles. The van der Waals surface area contributed by atoms with Crippen molar-refractivity contribution in [3.8, 4) is 0 Å². The quantitative estimate of drug-likeness (QED) is 0.692. The van der Waals surface area contributed by atoms with Crippen LogP contribution in [0.1, 0.15) is 16.1 Å². The minimum Gasteiger partial charge on any atom is -0.324 e. The monoisotopic (exact) mass is 416 g/mol. The van der Waals surface area contributed by atoms with E-state index in [0.717, 1.165) is 22.5 Å². The Morgan fingerprint density at radius 3 is 2.21 bits per heavy atom.